The maximum absolute atomic E-state index is 14.4. The first kappa shape index (κ1) is 27.8. The Morgan fingerprint density at radius 1 is 0.923 bits per heavy atom. The van der Waals surface area contributed by atoms with Gasteiger partial charge in [-0.3, -0.25) is 4.79 Å². The average Bonchev–Trinajstić information content (AvgIpc) is 3.35. The quantitative estimate of drug-likeness (QED) is 0.234. The SMILES string of the molecule is COc1cc(-c2csc(-c3cc(C(F)(F)F)c(C#N)c(=O)n3Cc3ccc(F)cc3F)c2)ccc1C(F)(F)F. The van der Waals surface area contributed by atoms with Crippen LogP contribution in [0.2, 0.25) is 0 Å². The second-order valence-electron chi connectivity index (χ2n) is 8.17. The predicted molar refractivity (Wildman–Crippen MR) is 126 cm³/mol. The first-order valence-corrected chi connectivity index (χ1v) is 11.7. The number of ether oxygens (including phenoxy) is 1. The highest BCUT2D eigenvalue weighted by Gasteiger charge is 2.37. The van der Waals surface area contributed by atoms with E-state index >= 15 is 0 Å². The molecule has 0 saturated heterocycles. The van der Waals surface area contributed by atoms with Crippen LogP contribution in [0, 0.1) is 23.0 Å². The molecule has 0 aliphatic rings. The van der Waals surface area contributed by atoms with E-state index in [1.165, 1.54) is 17.5 Å². The highest BCUT2D eigenvalue weighted by Crippen LogP contribution is 2.41. The fourth-order valence-electron chi connectivity index (χ4n) is 3.89. The van der Waals surface area contributed by atoms with E-state index in [0.717, 1.165) is 53.3 Å². The molecule has 13 heteroatoms. The van der Waals surface area contributed by atoms with Gasteiger partial charge >= 0.3 is 12.4 Å². The highest BCUT2D eigenvalue weighted by molar-refractivity contribution is 7.14. The van der Waals surface area contributed by atoms with Crippen LogP contribution in [0.15, 0.2) is 58.7 Å². The van der Waals surface area contributed by atoms with E-state index in [1.807, 2.05) is 0 Å². The van der Waals surface area contributed by atoms with Crippen LogP contribution in [0.3, 0.4) is 0 Å². The summed E-state index contributed by atoms with van der Waals surface area (Å²) in [6.07, 6.45) is -9.77. The van der Waals surface area contributed by atoms with Crippen molar-refractivity contribution in [2.24, 2.45) is 0 Å². The Kier molecular flexibility index (Phi) is 7.27. The third kappa shape index (κ3) is 5.51. The third-order valence-electron chi connectivity index (χ3n) is 5.75. The summed E-state index contributed by atoms with van der Waals surface area (Å²) in [5.74, 6) is -2.45. The highest BCUT2D eigenvalue weighted by atomic mass is 32.1. The molecule has 4 aromatic rings. The van der Waals surface area contributed by atoms with E-state index in [9.17, 15) is 45.2 Å². The van der Waals surface area contributed by atoms with Crippen LogP contribution in [0.25, 0.3) is 21.7 Å². The lowest BCUT2D eigenvalue weighted by atomic mass is 10.0. The molecule has 0 N–H and O–H groups in total. The number of alkyl halides is 6. The fraction of sp³-hybridized carbons (Fsp3) is 0.154. The minimum absolute atomic E-state index is 0.0680. The molecular weight excluding hydrogens is 556 g/mol. The van der Waals surface area contributed by atoms with Crippen molar-refractivity contribution >= 4 is 11.3 Å². The standard InChI is InChI=1S/C26H14F8N2O2S/c1-38-22-6-13(3-5-18(22)25(29,30)31)15-7-23(39-12-15)21-9-19(26(32,33)34)17(10-35)24(37)36(21)11-14-2-4-16(27)8-20(14)28/h2-9,12H,11H2,1H3. The zero-order valence-corrected chi connectivity index (χ0v) is 20.4. The van der Waals surface area contributed by atoms with Crippen molar-refractivity contribution in [2.45, 2.75) is 18.9 Å². The van der Waals surface area contributed by atoms with Crippen molar-refractivity contribution in [1.29, 1.82) is 5.26 Å². The van der Waals surface area contributed by atoms with Gasteiger partial charge in [0.15, 0.2) is 0 Å². The van der Waals surface area contributed by atoms with Crippen LogP contribution in [0.1, 0.15) is 22.3 Å². The number of pyridine rings is 1. The summed E-state index contributed by atoms with van der Waals surface area (Å²) in [5.41, 5.74) is -5.11. The average molecular weight is 570 g/mol. The zero-order chi connectivity index (χ0) is 28.7. The van der Waals surface area contributed by atoms with Gasteiger partial charge in [-0.05, 0) is 46.8 Å². The molecule has 4 rings (SSSR count). The smallest absolute Gasteiger partial charge is 0.419 e. The molecular formula is C26H14F8N2O2S. The molecule has 2 aromatic carbocycles. The number of rotatable bonds is 5. The van der Waals surface area contributed by atoms with Gasteiger partial charge < -0.3 is 9.30 Å². The monoisotopic (exact) mass is 570 g/mol. The molecule has 0 spiro atoms. The maximum atomic E-state index is 14.4. The van der Waals surface area contributed by atoms with Gasteiger partial charge in [-0.1, -0.05) is 12.1 Å². The van der Waals surface area contributed by atoms with E-state index in [-0.39, 0.29) is 21.7 Å². The van der Waals surface area contributed by atoms with Crippen molar-refractivity contribution in [3.8, 4) is 33.5 Å². The number of hydrogen-bond donors (Lipinski definition) is 0. The summed E-state index contributed by atoms with van der Waals surface area (Å²) in [6, 6.07) is 8.67. The molecule has 2 heterocycles. The largest absolute Gasteiger partial charge is 0.496 e. The molecule has 2 aromatic heterocycles. The van der Waals surface area contributed by atoms with Crippen LogP contribution >= 0.6 is 11.3 Å². The van der Waals surface area contributed by atoms with Gasteiger partial charge in [0, 0.05) is 11.6 Å². The lowest BCUT2D eigenvalue weighted by molar-refractivity contribution is -0.139. The zero-order valence-electron chi connectivity index (χ0n) is 19.5. The van der Waals surface area contributed by atoms with Gasteiger partial charge in [-0.15, -0.1) is 11.3 Å². The summed E-state index contributed by atoms with van der Waals surface area (Å²) < 4.78 is 114. The van der Waals surface area contributed by atoms with Crippen LogP contribution in [-0.4, -0.2) is 11.7 Å². The van der Waals surface area contributed by atoms with E-state index in [2.05, 4.69) is 0 Å². The number of halogens is 8. The molecule has 39 heavy (non-hydrogen) atoms. The van der Waals surface area contributed by atoms with E-state index in [0.29, 0.717) is 17.7 Å². The molecule has 0 atom stereocenters. The van der Waals surface area contributed by atoms with Crippen molar-refractivity contribution in [3.63, 3.8) is 0 Å². The van der Waals surface area contributed by atoms with E-state index < -0.39 is 58.5 Å². The summed E-state index contributed by atoms with van der Waals surface area (Å²) in [4.78, 5) is 13.1. The number of benzene rings is 2. The Morgan fingerprint density at radius 2 is 1.62 bits per heavy atom. The number of methoxy groups -OCH3 is 1. The van der Waals surface area contributed by atoms with Crippen molar-refractivity contribution in [3.05, 3.63) is 98.2 Å². The lowest BCUT2D eigenvalue weighted by Crippen LogP contribution is -2.28. The van der Waals surface area contributed by atoms with Gasteiger partial charge in [0.25, 0.3) is 5.56 Å². The van der Waals surface area contributed by atoms with Crippen LogP contribution < -0.4 is 10.3 Å². The van der Waals surface area contributed by atoms with Crippen molar-refractivity contribution < 1.29 is 39.9 Å². The Bertz CT molecular complexity index is 1660. The molecule has 0 amide bonds. The van der Waals surface area contributed by atoms with Gasteiger partial charge in [0.05, 0.1) is 35.4 Å². The van der Waals surface area contributed by atoms with Gasteiger partial charge in [0.1, 0.15) is 29.0 Å². The number of aromatic nitrogens is 1. The van der Waals surface area contributed by atoms with E-state index in [4.69, 9.17) is 4.74 Å². The summed E-state index contributed by atoms with van der Waals surface area (Å²) in [5, 5.41) is 10.8. The number of hydrogen-bond acceptors (Lipinski definition) is 4. The molecule has 0 radical (unpaired) electrons. The first-order valence-electron chi connectivity index (χ1n) is 10.8. The van der Waals surface area contributed by atoms with Crippen LogP contribution in [0.5, 0.6) is 5.75 Å². The summed E-state index contributed by atoms with van der Waals surface area (Å²) >= 11 is 0.867. The molecule has 0 fully saturated rings. The Morgan fingerprint density at radius 3 is 2.21 bits per heavy atom. The summed E-state index contributed by atoms with van der Waals surface area (Å²) in [7, 11) is 1.05. The number of nitrogens with zero attached hydrogens (tertiary/aromatic N) is 2. The van der Waals surface area contributed by atoms with Gasteiger partial charge in [0.2, 0.25) is 0 Å². The van der Waals surface area contributed by atoms with E-state index in [1.54, 1.807) is 0 Å². The Balaban J connectivity index is 1.90. The van der Waals surface area contributed by atoms with Gasteiger partial charge in [-0.2, -0.15) is 31.6 Å². The molecule has 0 aliphatic heterocycles. The van der Waals surface area contributed by atoms with Crippen molar-refractivity contribution in [1.82, 2.24) is 4.57 Å². The topological polar surface area (TPSA) is 55.0 Å². The minimum Gasteiger partial charge on any atom is -0.496 e. The predicted octanol–water partition coefficient (Wildman–Crippen LogP) is 7.49. The van der Waals surface area contributed by atoms with Crippen LogP contribution in [-0.2, 0) is 18.9 Å². The molecule has 4 nitrogen and oxygen atoms in total. The molecule has 0 aliphatic carbocycles. The van der Waals surface area contributed by atoms with Gasteiger partial charge in [-0.25, -0.2) is 8.78 Å². The second-order valence-corrected chi connectivity index (χ2v) is 9.08. The maximum Gasteiger partial charge on any atom is 0.419 e. The molecule has 202 valence electrons. The number of thiophene rings is 1. The molecule has 0 saturated carbocycles. The second kappa shape index (κ2) is 10.2. The Hall–Kier alpha value is -4.18. The summed E-state index contributed by atoms with van der Waals surface area (Å²) in [6.45, 7) is -0.631. The Labute approximate surface area is 218 Å². The third-order valence-corrected chi connectivity index (χ3v) is 6.71. The molecule has 0 unspecified atom stereocenters. The normalized spacial score (nSPS) is 11.9. The van der Waals surface area contributed by atoms with Crippen LogP contribution in [0.4, 0.5) is 35.1 Å². The lowest BCUT2D eigenvalue weighted by Gasteiger charge is -2.17. The van der Waals surface area contributed by atoms with Crippen molar-refractivity contribution in [2.75, 3.05) is 7.11 Å². The molecule has 0 bridgehead atoms. The minimum atomic E-state index is -5.08. The first-order chi connectivity index (χ1) is 18.2. The fourth-order valence-corrected chi connectivity index (χ4v) is 4.83. The number of nitriles is 1.